The van der Waals surface area contributed by atoms with Gasteiger partial charge in [0.25, 0.3) is 0 Å². The summed E-state index contributed by atoms with van der Waals surface area (Å²) < 4.78 is 9.39. The highest BCUT2D eigenvalue weighted by Crippen LogP contribution is 2.31. The van der Waals surface area contributed by atoms with Crippen molar-refractivity contribution in [2.45, 2.75) is 6.92 Å². The Kier molecular flexibility index (Phi) is 6.02. The van der Waals surface area contributed by atoms with E-state index in [1.807, 2.05) is 48.5 Å². The fourth-order valence-corrected chi connectivity index (χ4v) is 2.38. The molecule has 3 aromatic rings. The summed E-state index contributed by atoms with van der Waals surface area (Å²) in [6.45, 7) is 2.06. The Bertz CT molecular complexity index is 895. The molecule has 0 saturated heterocycles. The van der Waals surface area contributed by atoms with Crippen molar-refractivity contribution < 1.29 is 14.3 Å². The molecule has 6 heteroatoms. The Balaban J connectivity index is 0.000000326. The normalized spacial score (nSPS) is 9.64. The zero-order valence-electron chi connectivity index (χ0n) is 14.1. The highest BCUT2D eigenvalue weighted by Gasteiger charge is 2.12. The number of aromatic amines is 1. The standard InChI is InChI=1S/C16H12N2O.C3H7NO2/c1-19-12-7-8-13-14(10-17)16(18-15(13)9-12)11-5-3-2-4-6-11;1-2-6-3(4)5/h2-9,18H,1H3;2H2,1H3,(H2,4,5). The monoisotopic (exact) mass is 337 g/mol. The van der Waals surface area contributed by atoms with E-state index in [2.05, 4.69) is 21.5 Å². The van der Waals surface area contributed by atoms with E-state index in [9.17, 15) is 10.1 Å². The molecule has 0 aliphatic heterocycles. The van der Waals surface area contributed by atoms with E-state index in [0.29, 0.717) is 12.2 Å². The molecule has 0 fully saturated rings. The van der Waals surface area contributed by atoms with Crippen molar-refractivity contribution in [2.75, 3.05) is 13.7 Å². The van der Waals surface area contributed by atoms with Crippen LogP contribution < -0.4 is 10.5 Å². The fourth-order valence-electron chi connectivity index (χ4n) is 2.38. The SMILES string of the molecule is CCOC(N)=O.COc1ccc2c(C#N)c(-c3ccccc3)[nH]c2c1. The van der Waals surface area contributed by atoms with Crippen LogP contribution in [0.3, 0.4) is 0 Å². The second-order valence-electron chi connectivity index (χ2n) is 5.02. The van der Waals surface area contributed by atoms with Gasteiger partial charge >= 0.3 is 6.09 Å². The van der Waals surface area contributed by atoms with E-state index in [-0.39, 0.29) is 0 Å². The van der Waals surface area contributed by atoms with Gasteiger partial charge in [0.15, 0.2) is 0 Å². The summed E-state index contributed by atoms with van der Waals surface area (Å²) >= 11 is 0. The van der Waals surface area contributed by atoms with Gasteiger partial charge in [-0.2, -0.15) is 5.26 Å². The number of ether oxygens (including phenoxy) is 2. The van der Waals surface area contributed by atoms with Crippen LogP contribution in [0.25, 0.3) is 22.2 Å². The van der Waals surface area contributed by atoms with Gasteiger partial charge in [0.1, 0.15) is 11.8 Å². The molecule has 128 valence electrons. The molecule has 0 spiro atoms. The van der Waals surface area contributed by atoms with Crippen LogP contribution in [0.2, 0.25) is 0 Å². The number of aromatic nitrogens is 1. The minimum absolute atomic E-state index is 0.356. The lowest BCUT2D eigenvalue weighted by Crippen LogP contribution is -2.11. The first kappa shape index (κ1) is 17.9. The number of nitrogens with one attached hydrogen (secondary N) is 1. The maximum absolute atomic E-state index is 9.60. The van der Waals surface area contributed by atoms with E-state index >= 15 is 0 Å². The third-order valence-electron chi connectivity index (χ3n) is 3.47. The van der Waals surface area contributed by atoms with Crippen LogP contribution in [0.1, 0.15) is 12.5 Å². The molecule has 0 bridgehead atoms. The molecule has 3 N–H and O–H groups in total. The molecule has 0 atom stereocenters. The quantitative estimate of drug-likeness (QED) is 0.758. The van der Waals surface area contributed by atoms with Crippen LogP contribution in [-0.4, -0.2) is 24.8 Å². The molecular formula is C19H19N3O3. The van der Waals surface area contributed by atoms with Crippen LogP contribution in [0.4, 0.5) is 4.79 Å². The number of nitrogens with zero attached hydrogens (tertiary/aromatic N) is 1. The van der Waals surface area contributed by atoms with Gasteiger partial charge < -0.3 is 20.2 Å². The van der Waals surface area contributed by atoms with Crippen molar-refractivity contribution in [2.24, 2.45) is 5.73 Å². The number of hydrogen-bond acceptors (Lipinski definition) is 4. The Morgan fingerprint density at radius 3 is 2.48 bits per heavy atom. The second-order valence-corrected chi connectivity index (χ2v) is 5.02. The number of carbonyl (C=O) groups excluding carboxylic acids is 1. The van der Waals surface area contributed by atoms with Crippen molar-refractivity contribution in [3.8, 4) is 23.1 Å². The first-order valence-corrected chi connectivity index (χ1v) is 7.68. The van der Waals surface area contributed by atoms with Gasteiger partial charge in [-0.25, -0.2) is 4.79 Å². The number of methoxy groups -OCH3 is 1. The Morgan fingerprint density at radius 1 is 1.24 bits per heavy atom. The Morgan fingerprint density at radius 2 is 1.96 bits per heavy atom. The molecule has 0 aliphatic rings. The van der Waals surface area contributed by atoms with Gasteiger partial charge in [0.05, 0.1) is 30.5 Å². The third kappa shape index (κ3) is 4.30. The lowest BCUT2D eigenvalue weighted by Gasteiger charge is -1.97. The summed E-state index contributed by atoms with van der Waals surface area (Å²) in [6.07, 6.45) is -0.711. The van der Waals surface area contributed by atoms with Crippen molar-refractivity contribution in [3.05, 3.63) is 54.1 Å². The van der Waals surface area contributed by atoms with Gasteiger partial charge in [0.2, 0.25) is 0 Å². The maximum Gasteiger partial charge on any atom is 0.404 e. The number of primary amides is 1. The zero-order chi connectivity index (χ0) is 18.2. The van der Waals surface area contributed by atoms with Gasteiger partial charge in [-0.15, -0.1) is 0 Å². The number of fused-ring (bicyclic) bond motifs is 1. The molecular weight excluding hydrogens is 318 g/mol. The van der Waals surface area contributed by atoms with Crippen molar-refractivity contribution in [3.63, 3.8) is 0 Å². The summed E-state index contributed by atoms with van der Waals surface area (Å²) in [4.78, 5) is 12.9. The summed E-state index contributed by atoms with van der Waals surface area (Å²) in [5, 5.41) is 10.3. The van der Waals surface area contributed by atoms with Crippen LogP contribution >= 0.6 is 0 Å². The Labute approximate surface area is 145 Å². The number of benzene rings is 2. The highest BCUT2D eigenvalue weighted by molar-refractivity contribution is 5.94. The summed E-state index contributed by atoms with van der Waals surface area (Å²) in [5.41, 5.74) is 7.99. The smallest absolute Gasteiger partial charge is 0.404 e. The second kappa shape index (κ2) is 8.41. The van der Waals surface area contributed by atoms with E-state index < -0.39 is 6.09 Å². The lowest BCUT2D eigenvalue weighted by atomic mass is 10.1. The van der Waals surface area contributed by atoms with Crippen molar-refractivity contribution >= 4 is 17.0 Å². The topological polar surface area (TPSA) is 101 Å². The van der Waals surface area contributed by atoms with E-state index in [1.54, 1.807) is 14.0 Å². The number of carbonyl (C=O) groups is 1. The molecule has 0 radical (unpaired) electrons. The minimum Gasteiger partial charge on any atom is -0.497 e. The fraction of sp³-hybridized carbons (Fsp3) is 0.158. The van der Waals surface area contributed by atoms with Crippen LogP contribution in [0.15, 0.2) is 48.5 Å². The van der Waals surface area contributed by atoms with Gasteiger partial charge in [-0.05, 0) is 24.6 Å². The molecule has 1 aromatic heterocycles. The first-order valence-electron chi connectivity index (χ1n) is 7.68. The summed E-state index contributed by atoms with van der Waals surface area (Å²) in [6, 6.07) is 17.8. The maximum atomic E-state index is 9.60. The van der Waals surface area contributed by atoms with E-state index in [0.717, 1.165) is 27.9 Å². The zero-order valence-corrected chi connectivity index (χ0v) is 14.1. The number of rotatable bonds is 3. The number of hydrogen-bond donors (Lipinski definition) is 2. The molecule has 3 rings (SSSR count). The molecule has 6 nitrogen and oxygen atoms in total. The molecule has 25 heavy (non-hydrogen) atoms. The summed E-state index contributed by atoms with van der Waals surface area (Å²) in [7, 11) is 1.63. The van der Waals surface area contributed by atoms with Gasteiger partial charge in [-0.1, -0.05) is 30.3 Å². The van der Waals surface area contributed by atoms with Crippen molar-refractivity contribution in [1.82, 2.24) is 4.98 Å². The minimum atomic E-state index is -0.711. The number of nitriles is 1. The highest BCUT2D eigenvalue weighted by atomic mass is 16.5. The average molecular weight is 337 g/mol. The van der Waals surface area contributed by atoms with Crippen molar-refractivity contribution in [1.29, 1.82) is 5.26 Å². The number of nitrogens with two attached hydrogens (primary N) is 1. The predicted octanol–water partition coefficient (Wildman–Crippen LogP) is 3.82. The van der Waals surface area contributed by atoms with Crippen LogP contribution in [0.5, 0.6) is 5.75 Å². The Hall–Kier alpha value is -3.46. The van der Waals surface area contributed by atoms with Gasteiger partial charge in [-0.3, -0.25) is 0 Å². The van der Waals surface area contributed by atoms with Gasteiger partial charge in [0, 0.05) is 11.5 Å². The van der Waals surface area contributed by atoms with Crippen LogP contribution in [0, 0.1) is 11.3 Å². The predicted molar refractivity (Wildman–Crippen MR) is 96.2 cm³/mol. The molecule has 0 unspecified atom stereocenters. The number of amides is 1. The number of H-pyrrole nitrogens is 1. The molecule has 1 heterocycles. The molecule has 0 aliphatic carbocycles. The summed E-state index contributed by atoms with van der Waals surface area (Å²) in [5.74, 6) is 0.776. The van der Waals surface area contributed by atoms with E-state index in [1.165, 1.54) is 0 Å². The average Bonchev–Trinajstić information content (AvgIpc) is 3.00. The molecule has 0 saturated carbocycles. The first-order chi connectivity index (χ1) is 12.1. The third-order valence-corrected chi connectivity index (χ3v) is 3.47. The lowest BCUT2D eigenvalue weighted by molar-refractivity contribution is 0.163. The molecule has 2 aromatic carbocycles. The largest absolute Gasteiger partial charge is 0.497 e. The van der Waals surface area contributed by atoms with Crippen LogP contribution in [-0.2, 0) is 4.74 Å². The molecule has 1 amide bonds. The van der Waals surface area contributed by atoms with E-state index in [4.69, 9.17) is 4.74 Å².